The molecular weight excluding hydrogens is 1090 g/mol. The zero-order valence-corrected chi connectivity index (χ0v) is 46.8. The summed E-state index contributed by atoms with van der Waals surface area (Å²) in [6, 6.07) is 5.62. The van der Waals surface area contributed by atoms with E-state index in [9.17, 15) is 48.3 Å². The maximum atomic E-state index is 14.5. The number of hydrogen-bond donors (Lipinski definition) is 3. The fourth-order valence-corrected chi connectivity index (χ4v) is 8.43. The first-order valence-corrected chi connectivity index (χ1v) is 25.8. The highest BCUT2D eigenvalue weighted by Gasteiger charge is 2.56. The van der Waals surface area contributed by atoms with Crippen molar-refractivity contribution in [3.63, 3.8) is 0 Å². The number of methoxy groups -OCH3 is 2. The molecule has 4 amide bonds. The van der Waals surface area contributed by atoms with Gasteiger partial charge in [0.05, 0.1) is 76.7 Å². The van der Waals surface area contributed by atoms with Crippen LogP contribution in [0, 0.1) is 0 Å². The van der Waals surface area contributed by atoms with Gasteiger partial charge in [-0.1, -0.05) is 30.9 Å². The zero-order chi connectivity index (χ0) is 60.3. The summed E-state index contributed by atoms with van der Waals surface area (Å²) in [5, 5.41) is 14.7. The van der Waals surface area contributed by atoms with Gasteiger partial charge in [0, 0.05) is 46.3 Å². The summed E-state index contributed by atoms with van der Waals surface area (Å²) in [5.41, 5.74) is 1.76. The van der Waals surface area contributed by atoms with E-state index in [4.69, 9.17) is 66.4 Å². The highest BCUT2D eigenvalue weighted by Crippen LogP contribution is 2.42. The summed E-state index contributed by atoms with van der Waals surface area (Å²) in [7, 11) is 2.35. The van der Waals surface area contributed by atoms with Gasteiger partial charge in [0.25, 0.3) is 11.8 Å². The van der Waals surface area contributed by atoms with Gasteiger partial charge >= 0.3 is 42.0 Å². The minimum Gasteiger partial charge on any atom is -0.493 e. The Balaban J connectivity index is 1.41. The quantitative estimate of drug-likeness (QED) is 0.0380. The fourth-order valence-electron chi connectivity index (χ4n) is 8.43. The molecule has 1 unspecified atom stereocenters. The Kier molecular flexibility index (Phi) is 24.2. The van der Waals surface area contributed by atoms with Crippen LogP contribution in [0.3, 0.4) is 0 Å². The van der Waals surface area contributed by atoms with Crippen molar-refractivity contribution in [1.82, 2.24) is 15.7 Å². The number of carbonyl (C=O) groups excluding carboxylic acids is 9. The van der Waals surface area contributed by atoms with Crippen molar-refractivity contribution < 1.29 is 115 Å². The zero-order valence-electron chi connectivity index (χ0n) is 46.8. The lowest BCUT2D eigenvalue weighted by Crippen LogP contribution is -2.64. The van der Waals surface area contributed by atoms with Gasteiger partial charge in [-0.25, -0.2) is 19.3 Å². The van der Waals surface area contributed by atoms with Crippen molar-refractivity contribution in [3.05, 3.63) is 71.8 Å². The number of benzene rings is 2. The average Bonchev–Trinajstić information content (AvgIpc) is 2.37. The molecule has 0 aliphatic carbocycles. The first-order chi connectivity index (χ1) is 39.0. The van der Waals surface area contributed by atoms with Crippen molar-refractivity contribution >= 4 is 59.5 Å². The Labute approximate surface area is 472 Å². The van der Waals surface area contributed by atoms with E-state index in [0.29, 0.717) is 5.57 Å². The number of ether oxygens (including phenoxy) is 13. The van der Waals surface area contributed by atoms with Crippen molar-refractivity contribution in [2.45, 2.75) is 116 Å². The minimum atomic E-state index is -1.88. The van der Waals surface area contributed by atoms with Gasteiger partial charge in [-0.3, -0.25) is 33.6 Å². The Hall–Kier alpha value is -8.05. The predicted octanol–water partition coefficient (Wildman–Crippen LogP) is 3.12. The van der Waals surface area contributed by atoms with Crippen molar-refractivity contribution in [1.29, 1.82) is 0 Å². The molecular formula is C54H70N4O24. The number of aliphatic hydroxyl groups excluding tert-OH is 1. The molecule has 0 bridgehead atoms. The van der Waals surface area contributed by atoms with Crippen LogP contribution in [0.5, 0.6) is 17.2 Å². The molecule has 3 aliphatic heterocycles. The molecule has 0 saturated carbocycles. The number of fused-ring (bicyclic) bond motifs is 2. The van der Waals surface area contributed by atoms with E-state index in [2.05, 4.69) is 24.0 Å². The van der Waals surface area contributed by atoms with Crippen LogP contribution in [0.2, 0.25) is 0 Å². The lowest BCUT2D eigenvalue weighted by Gasteiger charge is -2.43. The van der Waals surface area contributed by atoms with Crippen LogP contribution in [-0.4, -0.2) is 186 Å². The van der Waals surface area contributed by atoms with Gasteiger partial charge < -0.3 is 76.9 Å². The SMILES string of the molecule is C=CCOC(=O)CCCOc1cc2c(cc1OC)C(=O)N1CC(=C)C[C@H]1C(O)N2C(=O)OCc1ccc(O[C@@H]2O[C@H](C(=O)OC)[C@@H](OC(C)=O)[C@H](OC(C)=O)[C@H]2OC(C)=O)c(C(=O)NCCOCCOCCONC(=O)OC(C)(C)C)c1. The third-order valence-electron chi connectivity index (χ3n) is 11.8. The Morgan fingerprint density at radius 2 is 1.50 bits per heavy atom. The smallest absolute Gasteiger partial charge is 0.431 e. The standard InChI is InChI=1S/C54H70N4O24/c1-11-17-74-42(62)13-12-18-73-41-27-37-35(26-40(41)69-9)48(64)57-28-30(2)24-38(57)49(65)58(37)53(68)75-29-34-14-15-39(36(25-34)47(63)55-16-19-71-20-21-72-22-23-76-56-52(67)82-54(6,7)8)80-51-46(79-33(5)61)44(78-32(4)60)43(77-31(3)59)45(81-51)50(66)70-10/h11,14-15,25-27,38,43-46,49,51,65H,1-2,12-13,16-24,28-29H2,3-10H3,(H,55,63)(H,56,67)/t38-,43-,44-,45-,46+,49?,51+/m0/s1. The second-order valence-electron chi connectivity index (χ2n) is 19.3. The molecule has 3 N–H and O–H groups in total. The Morgan fingerprint density at radius 1 is 0.829 bits per heavy atom. The van der Waals surface area contributed by atoms with Crippen LogP contribution in [0.25, 0.3) is 0 Å². The molecule has 2 fully saturated rings. The van der Waals surface area contributed by atoms with Crippen molar-refractivity contribution in [3.8, 4) is 17.2 Å². The number of aliphatic hydroxyl groups is 1. The molecule has 0 aromatic heterocycles. The monoisotopic (exact) mass is 1160 g/mol. The molecule has 82 heavy (non-hydrogen) atoms. The van der Waals surface area contributed by atoms with Gasteiger partial charge in [0.15, 0.2) is 36.0 Å². The molecule has 5 rings (SSSR count). The minimum absolute atomic E-state index is 0.00289. The number of nitrogens with one attached hydrogen (secondary N) is 2. The van der Waals surface area contributed by atoms with E-state index in [0.717, 1.165) is 32.8 Å². The van der Waals surface area contributed by atoms with Crippen molar-refractivity contribution in [2.24, 2.45) is 0 Å². The van der Waals surface area contributed by atoms with E-state index in [-0.39, 0.29) is 118 Å². The number of esters is 5. The highest BCUT2D eigenvalue weighted by atomic mass is 16.7. The summed E-state index contributed by atoms with van der Waals surface area (Å²) in [6.07, 6.45) is -10.8. The second kappa shape index (κ2) is 30.7. The molecule has 28 nitrogen and oxygen atoms in total. The predicted molar refractivity (Wildman–Crippen MR) is 280 cm³/mol. The normalized spacial score (nSPS) is 20.1. The lowest BCUT2D eigenvalue weighted by atomic mass is 9.97. The number of rotatable bonds is 27. The molecule has 450 valence electrons. The van der Waals surface area contributed by atoms with E-state index in [1.807, 2.05) is 0 Å². The third kappa shape index (κ3) is 18.5. The van der Waals surface area contributed by atoms with Gasteiger partial charge in [-0.05, 0) is 57.4 Å². The number of carbonyl (C=O) groups is 9. The van der Waals surface area contributed by atoms with Crippen LogP contribution in [0.15, 0.2) is 55.1 Å². The van der Waals surface area contributed by atoms with Crippen LogP contribution in [0.1, 0.15) is 87.1 Å². The maximum Gasteiger partial charge on any atom is 0.431 e. The average molecular weight is 1160 g/mol. The molecule has 0 spiro atoms. The summed E-state index contributed by atoms with van der Waals surface area (Å²) in [6.45, 7) is 15.3. The largest absolute Gasteiger partial charge is 0.493 e. The van der Waals surface area contributed by atoms with E-state index >= 15 is 0 Å². The molecule has 7 atom stereocenters. The second-order valence-corrected chi connectivity index (χ2v) is 19.3. The van der Waals surface area contributed by atoms with E-state index < -0.39 is 109 Å². The van der Waals surface area contributed by atoms with E-state index in [1.54, 1.807) is 20.8 Å². The van der Waals surface area contributed by atoms with E-state index in [1.165, 1.54) is 48.4 Å². The first-order valence-electron chi connectivity index (χ1n) is 25.8. The molecule has 0 radical (unpaired) electrons. The van der Waals surface area contributed by atoms with Gasteiger partial charge in [-0.15, -0.1) is 0 Å². The summed E-state index contributed by atoms with van der Waals surface area (Å²) < 4.78 is 71.9. The Morgan fingerprint density at radius 3 is 2.16 bits per heavy atom. The van der Waals surface area contributed by atoms with Crippen LogP contribution in [-0.2, 0) is 82.8 Å². The molecule has 2 aromatic rings. The third-order valence-corrected chi connectivity index (χ3v) is 11.8. The van der Waals surface area contributed by atoms with Gasteiger partial charge in [-0.2, -0.15) is 5.48 Å². The fraction of sp³-hybridized carbons (Fsp3) is 0.537. The maximum absolute atomic E-state index is 14.5. The number of hydroxylamine groups is 1. The van der Waals surface area contributed by atoms with Crippen LogP contribution in [0.4, 0.5) is 15.3 Å². The number of hydrogen-bond acceptors (Lipinski definition) is 24. The summed E-state index contributed by atoms with van der Waals surface area (Å²) in [5.74, 6) is -5.94. The van der Waals surface area contributed by atoms with Gasteiger partial charge in [0.1, 0.15) is 24.6 Å². The molecule has 3 aliphatic rings. The summed E-state index contributed by atoms with van der Waals surface area (Å²) >= 11 is 0. The number of nitrogens with zero attached hydrogens (tertiary/aromatic N) is 2. The van der Waals surface area contributed by atoms with Crippen LogP contribution < -0.4 is 29.9 Å². The number of amides is 4. The van der Waals surface area contributed by atoms with Gasteiger partial charge in [0.2, 0.25) is 12.4 Å². The summed E-state index contributed by atoms with van der Waals surface area (Å²) in [4.78, 5) is 125. The number of anilines is 1. The molecule has 2 aromatic carbocycles. The first kappa shape index (κ1) is 64.8. The molecule has 2 saturated heterocycles. The Bertz CT molecular complexity index is 2660. The van der Waals surface area contributed by atoms with Crippen molar-refractivity contribution in [2.75, 3.05) is 78.5 Å². The van der Waals surface area contributed by atoms with Crippen LogP contribution >= 0.6 is 0 Å². The topological polar surface area (TPSA) is 334 Å². The lowest BCUT2D eigenvalue weighted by molar-refractivity contribution is -0.282. The highest BCUT2D eigenvalue weighted by molar-refractivity contribution is 6.06. The molecule has 28 heteroatoms. The molecule has 3 heterocycles.